The lowest BCUT2D eigenvalue weighted by Crippen LogP contribution is -2.50. The SMILES string of the molecule is C=CCN1CCC(NC(=NC)NCC(C)Oc2cccc(C)c2)CC1. The third kappa shape index (κ3) is 6.78. The fraction of sp³-hybridized carbons (Fsp3) is 0.550. The van der Waals surface area contributed by atoms with E-state index in [0.717, 1.165) is 44.2 Å². The van der Waals surface area contributed by atoms with Crippen LogP contribution in [0.1, 0.15) is 25.3 Å². The smallest absolute Gasteiger partial charge is 0.191 e. The van der Waals surface area contributed by atoms with Gasteiger partial charge in [-0.15, -0.1) is 6.58 Å². The molecule has 1 aromatic carbocycles. The lowest BCUT2D eigenvalue weighted by molar-refractivity contribution is 0.218. The van der Waals surface area contributed by atoms with Crippen LogP contribution in [0.4, 0.5) is 0 Å². The standard InChI is InChI=1S/C20H32N4O/c1-5-11-24-12-9-18(10-13-24)23-20(21-4)22-15-17(3)25-19-8-6-7-16(2)14-19/h5-8,14,17-18H,1,9-13,15H2,2-4H3,(H2,21,22,23). The van der Waals surface area contributed by atoms with Crippen molar-refractivity contribution in [1.82, 2.24) is 15.5 Å². The van der Waals surface area contributed by atoms with Crippen LogP contribution >= 0.6 is 0 Å². The highest BCUT2D eigenvalue weighted by Gasteiger charge is 2.19. The highest BCUT2D eigenvalue weighted by molar-refractivity contribution is 5.80. The summed E-state index contributed by atoms with van der Waals surface area (Å²) >= 11 is 0. The molecule has 25 heavy (non-hydrogen) atoms. The Balaban J connectivity index is 1.72. The molecule has 1 aliphatic heterocycles. The van der Waals surface area contributed by atoms with Crippen molar-refractivity contribution in [2.75, 3.05) is 33.2 Å². The minimum absolute atomic E-state index is 0.0646. The molecule has 1 fully saturated rings. The summed E-state index contributed by atoms with van der Waals surface area (Å²) < 4.78 is 5.96. The summed E-state index contributed by atoms with van der Waals surface area (Å²) in [5.74, 6) is 1.76. The second-order valence-electron chi connectivity index (χ2n) is 6.71. The average molecular weight is 345 g/mol. The number of guanidine groups is 1. The molecule has 1 atom stereocenters. The summed E-state index contributed by atoms with van der Waals surface area (Å²) in [7, 11) is 1.81. The van der Waals surface area contributed by atoms with E-state index in [0.29, 0.717) is 12.6 Å². The zero-order valence-electron chi connectivity index (χ0n) is 15.8. The van der Waals surface area contributed by atoms with Gasteiger partial charge in [-0.25, -0.2) is 0 Å². The van der Waals surface area contributed by atoms with Gasteiger partial charge in [-0.2, -0.15) is 0 Å². The van der Waals surface area contributed by atoms with E-state index in [9.17, 15) is 0 Å². The Morgan fingerprint density at radius 2 is 2.20 bits per heavy atom. The molecule has 0 spiro atoms. The average Bonchev–Trinajstić information content (AvgIpc) is 2.60. The van der Waals surface area contributed by atoms with E-state index in [4.69, 9.17) is 4.74 Å². The van der Waals surface area contributed by atoms with E-state index in [1.807, 2.05) is 25.3 Å². The fourth-order valence-corrected chi connectivity index (χ4v) is 3.03. The molecular formula is C20H32N4O. The zero-order chi connectivity index (χ0) is 18.1. The van der Waals surface area contributed by atoms with Crippen molar-refractivity contribution in [3.8, 4) is 5.75 Å². The Morgan fingerprint density at radius 1 is 1.44 bits per heavy atom. The van der Waals surface area contributed by atoms with Gasteiger partial charge in [0.1, 0.15) is 11.9 Å². The molecule has 0 aliphatic carbocycles. The van der Waals surface area contributed by atoms with Gasteiger partial charge >= 0.3 is 0 Å². The van der Waals surface area contributed by atoms with Crippen LogP contribution in [0.15, 0.2) is 41.9 Å². The number of likely N-dealkylation sites (tertiary alicyclic amines) is 1. The van der Waals surface area contributed by atoms with E-state index in [2.05, 4.69) is 53.1 Å². The predicted octanol–water partition coefficient (Wildman–Crippen LogP) is 2.58. The number of nitrogens with one attached hydrogen (secondary N) is 2. The van der Waals surface area contributed by atoms with Gasteiger partial charge in [0.25, 0.3) is 0 Å². The van der Waals surface area contributed by atoms with E-state index < -0.39 is 0 Å². The maximum absolute atomic E-state index is 5.96. The molecule has 0 amide bonds. The Hall–Kier alpha value is -2.01. The predicted molar refractivity (Wildman–Crippen MR) is 105 cm³/mol. The number of rotatable bonds is 7. The van der Waals surface area contributed by atoms with Crippen molar-refractivity contribution in [1.29, 1.82) is 0 Å². The number of aryl methyl sites for hydroxylation is 1. The maximum atomic E-state index is 5.96. The molecule has 0 radical (unpaired) electrons. The lowest BCUT2D eigenvalue weighted by Gasteiger charge is -2.32. The molecule has 2 rings (SSSR count). The normalized spacial score (nSPS) is 17.8. The molecule has 138 valence electrons. The molecular weight excluding hydrogens is 312 g/mol. The Bertz CT molecular complexity index is 565. The molecule has 1 saturated heterocycles. The summed E-state index contributed by atoms with van der Waals surface area (Å²) in [5, 5.41) is 6.90. The molecule has 5 nitrogen and oxygen atoms in total. The first-order valence-electron chi connectivity index (χ1n) is 9.14. The number of benzene rings is 1. The monoisotopic (exact) mass is 344 g/mol. The molecule has 1 unspecified atom stereocenters. The highest BCUT2D eigenvalue weighted by Crippen LogP contribution is 2.14. The maximum Gasteiger partial charge on any atom is 0.191 e. The van der Waals surface area contributed by atoms with Crippen molar-refractivity contribution in [3.63, 3.8) is 0 Å². The molecule has 0 saturated carbocycles. The first-order valence-corrected chi connectivity index (χ1v) is 9.14. The topological polar surface area (TPSA) is 48.9 Å². The third-order valence-corrected chi connectivity index (χ3v) is 4.42. The van der Waals surface area contributed by atoms with Crippen LogP contribution in [0.25, 0.3) is 0 Å². The van der Waals surface area contributed by atoms with Crippen molar-refractivity contribution < 1.29 is 4.74 Å². The molecule has 1 aliphatic rings. The van der Waals surface area contributed by atoms with Crippen LogP contribution < -0.4 is 15.4 Å². The van der Waals surface area contributed by atoms with Crippen LogP contribution in [-0.2, 0) is 0 Å². The second-order valence-corrected chi connectivity index (χ2v) is 6.71. The Morgan fingerprint density at radius 3 is 2.84 bits per heavy atom. The summed E-state index contributed by atoms with van der Waals surface area (Å²) in [4.78, 5) is 6.77. The first-order chi connectivity index (χ1) is 12.1. The van der Waals surface area contributed by atoms with Gasteiger partial charge in [-0.1, -0.05) is 18.2 Å². The van der Waals surface area contributed by atoms with Crippen molar-refractivity contribution in [2.45, 2.75) is 38.8 Å². The van der Waals surface area contributed by atoms with Gasteiger partial charge in [-0.3, -0.25) is 9.89 Å². The number of ether oxygens (including phenoxy) is 1. The zero-order valence-corrected chi connectivity index (χ0v) is 15.8. The van der Waals surface area contributed by atoms with Crippen molar-refractivity contribution in [2.24, 2.45) is 4.99 Å². The van der Waals surface area contributed by atoms with Crippen LogP contribution in [-0.4, -0.2) is 56.2 Å². The molecule has 2 N–H and O–H groups in total. The van der Waals surface area contributed by atoms with Crippen molar-refractivity contribution >= 4 is 5.96 Å². The first kappa shape index (κ1) is 19.3. The lowest BCUT2D eigenvalue weighted by atomic mass is 10.1. The molecule has 0 aromatic heterocycles. The summed E-state index contributed by atoms with van der Waals surface area (Å²) in [6.45, 7) is 11.9. The van der Waals surface area contributed by atoms with Crippen LogP contribution in [0.2, 0.25) is 0 Å². The minimum atomic E-state index is 0.0646. The van der Waals surface area contributed by atoms with Crippen LogP contribution in [0, 0.1) is 6.92 Å². The quantitative estimate of drug-likeness (QED) is 0.453. The Labute approximate surface area is 152 Å². The summed E-state index contributed by atoms with van der Waals surface area (Å²) in [5.41, 5.74) is 1.21. The number of piperidine rings is 1. The molecule has 0 bridgehead atoms. The van der Waals surface area contributed by atoms with Gasteiger partial charge in [-0.05, 0) is 44.4 Å². The van der Waals surface area contributed by atoms with E-state index >= 15 is 0 Å². The minimum Gasteiger partial charge on any atom is -0.489 e. The van der Waals surface area contributed by atoms with Crippen LogP contribution in [0.3, 0.4) is 0 Å². The van der Waals surface area contributed by atoms with Crippen molar-refractivity contribution in [3.05, 3.63) is 42.5 Å². The highest BCUT2D eigenvalue weighted by atomic mass is 16.5. The molecule has 1 heterocycles. The number of nitrogens with zero attached hydrogens (tertiary/aromatic N) is 2. The van der Waals surface area contributed by atoms with Gasteiger partial charge in [0.05, 0.1) is 6.54 Å². The van der Waals surface area contributed by atoms with E-state index in [1.165, 1.54) is 5.56 Å². The number of hydrogen-bond acceptors (Lipinski definition) is 3. The Kier molecular flexibility index (Phi) is 7.79. The third-order valence-electron chi connectivity index (χ3n) is 4.42. The van der Waals surface area contributed by atoms with Gasteiger partial charge in [0.2, 0.25) is 0 Å². The number of hydrogen-bond donors (Lipinski definition) is 2. The summed E-state index contributed by atoms with van der Waals surface area (Å²) in [6.07, 6.45) is 4.30. The van der Waals surface area contributed by atoms with Gasteiger partial charge in [0.15, 0.2) is 5.96 Å². The van der Waals surface area contributed by atoms with E-state index in [1.54, 1.807) is 0 Å². The fourth-order valence-electron chi connectivity index (χ4n) is 3.03. The second kappa shape index (κ2) is 10.1. The molecule has 5 heteroatoms. The van der Waals surface area contributed by atoms with Crippen LogP contribution in [0.5, 0.6) is 5.75 Å². The van der Waals surface area contributed by atoms with E-state index in [-0.39, 0.29) is 6.10 Å². The largest absolute Gasteiger partial charge is 0.489 e. The number of aliphatic imine (C=N–C) groups is 1. The molecule has 1 aromatic rings. The summed E-state index contributed by atoms with van der Waals surface area (Å²) in [6, 6.07) is 8.61. The van der Waals surface area contributed by atoms with Gasteiger partial charge in [0, 0.05) is 32.7 Å². The van der Waals surface area contributed by atoms with Gasteiger partial charge < -0.3 is 15.4 Å².